The third-order valence-corrected chi connectivity index (χ3v) is 7.83. The normalized spacial score (nSPS) is 10.4. The van der Waals surface area contributed by atoms with Gasteiger partial charge in [-0.15, -0.1) is 0 Å². The second-order valence-electron chi connectivity index (χ2n) is 5.83. The van der Waals surface area contributed by atoms with Crippen LogP contribution >= 0.6 is 136 Å². The van der Waals surface area contributed by atoms with Gasteiger partial charge in [0.05, 0.1) is 14.3 Å². The molecule has 2 aromatic carbocycles. The lowest BCUT2D eigenvalue weighted by atomic mass is 10.3. The molecule has 0 aliphatic carbocycles. The molecule has 2 rings (SSSR count). The molecule has 0 aromatic heterocycles. The molecule has 0 N–H and O–H groups in total. The van der Waals surface area contributed by atoms with Crippen LogP contribution in [0.3, 0.4) is 0 Å². The van der Waals surface area contributed by atoms with Crippen LogP contribution in [-0.2, 0) is 23.9 Å². The molecule has 0 heterocycles. The van der Waals surface area contributed by atoms with E-state index in [2.05, 4.69) is 136 Å². The molecule has 0 amide bonds. The van der Waals surface area contributed by atoms with Crippen LogP contribution in [0.5, 0.6) is 11.5 Å². The number of esters is 2. The summed E-state index contributed by atoms with van der Waals surface area (Å²) in [5.41, 5.74) is 0. The summed E-state index contributed by atoms with van der Waals surface area (Å²) in [5.74, 6) is -0.770. The number of hydrogen-bond acceptors (Lipinski definition) is 7. The molecular weight excluding hydrogens is 1100 g/mol. The molecule has 0 radical (unpaired) electrons. The topological polar surface area (TPSA) is 88.1 Å². The number of carbonyl (C=O) groups is 3. The van der Waals surface area contributed by atoms with Gasteiger partial charge >= 0.3 is 11.9 Å². The SMILES string of the molecule is O=C(COC(=O)COc1c(I)cc(I)cc1I)COC(=O)COc1c(I)cc(I)cc1I. The predicted molar refractivity (Wildman–Crippen MR) is 167 cm³/mol. The molecule has 2 aromatic rings. The van der Waals surface area contributed by atoms with E-state index in [1.807, 2.05) is 24.3 Å². The highest BCUT2D eigenvalue weighted by atomic mass is 127. The fourth-order valence-corrected chi connectivity index (χ4v) is 9.83. The van der Waals surface area contributed by atoms with Gasteiger partial charge in [-0.3, -0.25) is 4.79 Å². The third kappa shape index (κ3) is 9.95. The highest BCUT2D eigenvalue weighted by molar-refractivity contribution is 14.1. The highest BCUT2D eigenvalue weighted by Crippen LogP contribution is 2.30. The average Bonchev–Trinajstić information content (AvgIpc) is 2.69. The molecule has 0 aliphatic heterocycles. The van der Waals surface area contributed by atoms with Gasteiger partial charge in [0.2, 0.25) is 5.78 Å². The van der Waals surface area contributed by atoms with Crippen LogP contribution in [0.25, 0.3) is 0 Å². The summed E-state index contributed by atoms with van der Waals surface area (Å²) in [4.78, 5) is 35.6. The van der Waals surface area contributed by atoms with Gasteiger partial charge in [0, 0.05) is 7.14 Å². The van der Waals surface area contributed by atoms with Gasteiger partial charge in [0.25, 0.3) is 0 Å². The van der Waals surface area contributed by atoms with Crippen LogP contribution < -0.4 is 9.47 Å². The molecule has 172 valence electrons. The van der Waals surface area contributed by atoms with E-state index in [9.17, 15) is 14.4 Å². The fraction of sp³-hybridized carbons (Fsp3) is 0.211. The minimum atomic E-state index is -0.693. The first-order chi connectivity index (χ1) is 15.1. The Balaban J connectivity index is 1.70. The molecule has 0 saturated heterocycles. The molecule has 7 nitrogen and oxygen atoms in total. The molecule has 0 unspecified atom stereocenters. The van der Waals surface area contributed by atoms with E-state index in [-0.39, 0.29) is 13.2 Å². The summed E-state index contributed by atoms with van der Waals surface area (Å²) in [5, 5.41) is 0. The lowest BCUT2D eigenvalue weighted by Gasteiger charge is -2.11. The third-order valence-electron chi connectivity index (χ3n) is 3.38. The zero-order chi connectivity index (χ0) is 23.8. The average molecular weight is 1110 g/mol. The molecule has 13 heteroatoms. The summed E-state index contributed by atoms with van der Waals surface area (Å²) < 4.78 is 26.4. The number of rotatable bonds is 10. The van der Waals surface area contributed by atoms with Gasteiger partial charge in [-0.25, -0.2) is 9.59 Å². The molecule has 0 atom stereocenters. The van der Waals surface area contributed by atoms with E-state index >= 15 is 0 Å². The van der Waals surface area contributed by atoms with Crippen molar-refractivity contribution < 1.29 is 33.3 Å². The van der Waals surface area contributed by atoms with Crippen molar-refractivity contribution in [2.45, 2.75) is 0 Å². The van der Waals surface area contributed by atoms with Crippen molar-refractivity contribution in [1.29, 1.82) is 0 Å². The lowest BCUT2D eigenvalue weighted by molar-refractivity contribution is -0.155. The van der Waals surface area contributed by atoms with Crippen LogP contribution in [0, 0.1) is 21.4 Å². The molecule has 32 heavy (non-hydrogen) atoms. The lowest BCUT2D eigenvalue weighted by Crippen LogP contribution is -2.25. The van der Waals surface area contributed by atoms with Crippen molar-refractivity contribution in [3.8, 4) is 11.5 Å². The van der Waals surface area contributed by atoms with Crippen molar-refractivity contribution in [2.24, 2.45) is 0 Å². The van der Waals surface area contributed by atoms with Gasteiger partial charge in [-0.2, -0.15) is 0 Å². The number of hydrogen-bond donors (Lipinski definition) is 0. The van der Waals surface area contributed by atoms with Gasteiger partial charge in [0.1, 0.15) is 11.5 Å². The van der Waals surface area contributed by atoms with Crippen LogP contribution in [-0.4, -0.2) is 44.1 Å². The number of halogens is 6. The quantitative estimate of drug-likeness (QED) is 0.232. The molecular formula is C19H12I6O7. The Hall–Kier alpha value is 1.03. The van der Waals surface area contributed by atoms with Crippen LogP contribution in [0.2, 0.25) is 0 Å². The molecule has 0 saturated carbocycles. The van der Waals surface area contributed by atoms with Gasteiger partial charge in [0.15, 0.2) is 26.4 Å². The summed E-state index contributed by atoms with van der Waals surface area (Å²) in [6, 6.07) is 7.69. The van der Waals surface area contributed by atoms with Crippen LogP contribution in [0.15, 0.2) is 24.3 Å². The number of benzene rings is 2. The Morgan fingerprint density at radius 1 is 0.562 bits per heavy atom. The van der Waals surface area contributed by atoms with E-state index in [4.69, 9.17) is 18.9 Å². The summed E-state index contributed by atoms with van der Waals surface area (Å²) in [6.45, 7) is -1.68. The summed E-state index contributed by atoms with van der Waals surface area (Å²) in [7, 11) is 0. The monoisotopic (exact) mass is 1110 g/mol. The zero-order valence-corrected chi connectivity index (χ0v) is 28.7. The maximum Gasteiger partial charge on any atom is 0.344 e. The van der Waals surface area contributed by atoms with Crippen molar-refractivity contribution >= 4 is 153 Å². The minimum absolute atomic E-state index is 0.333. The molecule has 0 aliphatic rings. The number of Topliss-reactive ketones (excluding diaryl/α,β-unsaturated/α-hetero) is 1. The summed E-state index contributed by atoms with van der Waals surface area (Å²) in [6.07, 6.45) is 0. The Kier molecular flexibility index (Phi) is 13.3. The Morgan fingerprint density at radius 2 is 0.875 bits per heavy atom. The van der Waals surface area contributed by atoms with E-state index in [1.54, 1.807) is 0 Å². The van der Waals surface area contributed by atoms with E-state index in [0.29, 0.717) is 11.5 Å². The Bertz CT molecular complexity index is 902. The van der Waals surface area contributed by atoms with Crippen molar-refractivity contribution in [3.63, 3.8) is 0 Å². The Labute approximate surface area is 266 Å². The zero-order valence-electron chi connectivity index (χ0n) is 15.8. The number of ether oxygens (including phenoxy) is 4. The van der Waals surface area contributed by atoms with Crippen LogP contribution in [0.4, 0.5) is 0 Å². The first-order valence-electron chi connectivity index (χ1n) is 8.44. The predicted octanol–water partition coefficient (Wildman–Crippen LogP) is 5.43. The van der Waals surface area contributed by atoms with Gasteiger partial charge < -0.3 is 18.9 Å². The smallest absolute Gasteiger partial charge is 0.344 e. The maximum atomic E-state index is 11.9. The standard InChI is InChI=1S/C19H12I6O7/c20-9-1-12(22)18(13(23)2-9)31-7-16(27)29-5-11(26)6-30-17(28)8-32-19-14(24)3-10(21)4-15(19)25/h1-4H,5-8H2. The maximum absolute atomic E-state index is 11.9. The first-order valence-corrected chi connectivity index (χ1v) is 14.9. The van der Waals surface area contributed by atoms with E-state index in [0.717, 1.165) is 21.4 Å². The van der Waals surface area contributed by atoms with Crippen LogP contribution in [0.1, 0.15) is 0 Å². The number of ketones is 1. The second-order valence-corrected chi connectivity index (χ2v) is 13.0. The molecule has 0 spiro atoms. The van der Waals surface area contributed by atoms with Crippen molar-refractivity contribution in [1.82, 2.24) is 0 Å². The number of carbonyl (C=O) groups excluding carboxylic acids is 3. The fourth-order valence-electron chi connectivity index (χ4n) is 2.04. The first kappa shape index (κ1) is 29.3. The van der Waals surface area contributed by atoms with Crippen molar-refractivity contribution in [3.05, 3.63) is 45.7 Å². The largest absolute Gasteiger partial charge is 0.480 e. The van der Waals surface area contributed by atoms with Gasteiger partial charge in [-0.1, -0.05) is 0 Å². The molecule has 0 bridgehead atoms. The molecule has 0 fully saturated rings. The van der Waals surface area contributed by atoms with E-state index in [1.165, 1.54) is 0 Å². The van der Waals surface area contributed by atoms with Crippen molar-refractivity contribution in [2.75, 3.05) is 26.4 Å². The summed E-state index contributed by atoms with van der Waals surface area (Å²) >= 11 is 12.9. The van der Waals surface area contributed by atoms with E-state index < -0.39 is 30.9 Å². The highest BCUT2D eigenvalue weighted by Gasteiger charge is 2.15. The second kappa shape index (κ2) is 14.6. The van der Waals surface area contributed by atoms with Gasteiger partial charge in [-0.05, 0) is 160 Å². The Morgan fingerprint density at radius 3 is 1.19 bits per heavy atom. The minimum Gasteiger partial charge on any atom is -0.480 e.